The third-order valence-corrected chi connectivity index (χ3v) is 6.10. The van der Waals surface area contributed by atoms with Gasteiger partial charge in [-0.1, -0.05) is 20.8 Å². The lowest BCUT2D eigenvalue weighted by molar-refractivity contribution is -0.182. The van der Waals surface area contributed by atoms with Crippen LogP contribution in [-0.4, -0.2) is 17.5 Å². The predicted octanol–water partition coefficient (Wildman–Crippen LogP) is 2.40. The van der Waals surface area contributed by atoms with Crippen molar-refractivity contribution in [1.29, 1.82) is 0 Å². The van der Waals surface area contributed by atoms with Gasteiger partial charge in [-0.15, -0.1) is 0 Å². The van der Waals surface area contributed by atoms with E-state index in [1.807, 2.05) is 0 Å². The van der Waals surface area contributed by atoms with Crippen LogP contribution in [0.1, 0.15) is 46.5 Å². The van der Waals surface area contributed by atoms with Gasteiger partial charge >= 0.3 is 0 Å². The number of hydrogen-bond acceptors (Lipinski definition) is 2. The van der Waals surface area contributed by atoms with Crippen molar-refractivity contribution in [2.45, 2.75) is 52.6 Å². The Hall–Kier alpha value is -0.370. The van der Waals surface area contributed by atoms with Gasteiger partial charge < -0.3 is 9.90 Å². The normalized spacial score (nSPS) is 63.6. The van der Waals surface area contributed by atoms with Crippen molar-refractivity contribution in [1.82, 2.24) is 0 Å². The molecule has 6 unspecified atom stereocenters. The van der Waals surface area contributed by atoms with Crippen LogP contribution < -0.4 is 0 Å². The largest absolute Gasteiger partial charge is 0.392 e. The highest BCUT2D eigenvalue weighted by atomic mass is 16.3. The average molecular weight is 222 g/mol. The molecule has 0 aliphatic heterocycles. The average Bonchev–Trinajstić information content (AvgIpc) is 2.48. The number of carbonyl (C=O) groups excluding carboxylic acids is 1. The Balaban J connectivity index is 2.07. The Morgan fingerprint density at radius 3 is 2.56 bits per heavy atom. The van der Waals surface area contributed by atoms with Crippen molar-refractivity contribution >= 4 is 6.29 Å². The summed E-state index contributed by atoms with van der Waals surface area (Å²) in [6.45, 7) is 6.83. The zero-order valence-electron chi connectivity index (χ0n) is 10.5. The number of rotatable bonds is 1. The van der Waals surface area contributed by atoms with Crippen LogP contribution in [0.2, 0.25) is 0 Å². The summed E-state index contributed by atoms with van der Waals surface area (Å²) >= 11 is 0. The van der Waals surface area contributed by atoms with E-state index in [1.165, 1.54) is 6.42 Å². The van der Waals surface area contributed by atoms with Crippen molar-refractivity contribution in [3.63, 3.8) is 0 Å². The summed E-state index contributed by atoms with van der Waals surface area (Å²) in [5.41, 5.74) is -0.0349. The van der Waals surface area contributed by atoms with Crippen molar-refractivity contribution in [3.05, 3.63) is 0 Å². The molecule has 3 aliphatic rings. The molecular formula is C14H22O2. The van der Waals surface area contributed by atoms with Crippen molar-refractivity contribution in [3.8, 4) is 0 Å². The summed E-state index contributed by atoms with van der Waals surface area (Å²) < 4.78 is 0. The third-order valence-electron chi connectivity index (χ3n) is 6.10. The van der Waals surface area contributed by atoms with E-state index < -0.39 is 5.41 Å². The maximum absolute atomic E-state index is 11.6. The Morgan fingerprint density at radius 2 is 2.00 bits per heavy atom. The van der Waals surface area contributed by atoms with E-state index in [0.717, 1.165) is 25.5 Å². The lowest BCUT2D eigenvalue weighted by atomic mass is 9.48. The fourth-order valence-electron chi connectivity index (χ4n) is 5.79. The quantitative estimate of drug-likeness (QED) is 0.692. The van der Waals surface area contributed by atoms with Gasteiger partial charge in [0.2, 0.25) is 0 Å². The molecule has 1 N–H and O–H groups in total. The Labute approximate surface area is 97.4 Å². The molecule has 0 aromatic rings. The highest BCUT2D eigenvalue weighted by Crippen LogP contribution is 2.77. The molecule has 0 aromatic heterocycles. The minimum Gasteiger partial charge on any atom is -0.392 e. The first-order valence-corrected chi connectivity index (χ1v) is 6.52. The van der Waals surface area contributed by atoms with Crippen LogP contribution in [0.5, 0.6) is 0 Å². The number of carbonyl (C=O) groups is 1. The maximum Gasteiger partial charge on any atom is 0.129 e. The summed E-state index contributed by atoms with van der Waals surface area (Å²) in [6, 6.07) is 0. The molecule has 0 aromatic carbocycles. The molecule has 0 saturated heterocycles. The number of aliphatic hydroxyl groups is 1. The van der Waals surface area contributed by atoms with E-state index in [0.29, 0.717) is 17.3 Å². The van der Waals surface area contributed by atoms with Crippen LogP contribution in [0.15, 0.2) is 0 Å². The molecule has 0 heterocycles. The lowest BCUT2D eigenvalue weighted by Gasteiger charge is -2.56. The Kier molecular flexibility index (Phi) is 1.83. The van der Waals surface area contributed by atoms with Crippen LogP contribution in [0.25, 0.3) is 0 Å². The fourth-order valence-corrected chi connectivity index (χ4v) is 5.79. The molecule has 0 spiro atoms. The minimum absolute atomic E-state index is 0.0771. The van der Waals surface area contributed by atoms with Crippen LogP contribution >= 0.6 is 0 Å². The summed E-state index contributed by atoms with van der Waals surface area (Å²) in [7, 11) is 0. The van der Waals surface area contributed by atoms with Crippen molar-refractivity contribution in [2.75, 3.05) is 0 Å². The summed E-state index contributed by atoms with van der Waals surface area (Å²) in [6.07, 6.45) is 5.04. The second-order valence-electron chi connectivity index (χ2n) is 7.26. The molecular weight excluding hydrogens is 200 g/mol. The van der Waals surface area contributed by atoms with Gasteiger partial charge in [-0.2, -0.15) is 0 Å². The van der Waals surface area contributed by atoms with Crippen LogP contribution in [0, 0.1) is 28.1 Å². The van der Waals surface area contributed by atoms with E-state index in [9.17, 15) is 9.90 Å². The third kappa shape index (κ3) is 0.883. The SMILES string of the molecule is CC1CC2C(C)(C1)CC1(C)CC(O)C21C=O. The standard InChI is InChI=1S/C14H22O2/c1-9-4-10-12(2,5-9)7-13(3)6-11(16)14(10,13)8-15/h8-11,16H,4-7H2,1-3H3. The Morgan fingerprint density at radius 1 is 1.31 bits per heavy atom. The first-order valence-electron chi connectivity index (χ1n) is 6.52. The van der Waals surface area contributed by atoms with Gasteiger partial charge in [0.05, 0.1) is 11.5 Å². The van der Waals surface area contributed by atoms with Gasteiger partial charge in [0.1, 0.15) is 6.29 Å². The van der Waals surface area contributed by atoms with Gasteiger partial charge in [-0.3, -0.25) is 0 Å². The molecule has 3 saturated carbocycles. The molecule has 16 heavy (non-hydrogen) atoms. The van der Waals surface area contributed by atoms with Gasteiger partial charge in [0.15, 0.2) is 0 Å². The van der Waals surface area contributed by atoms with E-state index >= 15 is 0 Å². The molecule has 3 rings (SSSR count). The van der Waals surface area contributed by atoms with E-state index in [2.05, 4.69) is 20.8 Å². The minimum atomic E-state index is -0.410. The molecule has 90 valence electrons. The van der Waals surface area contributed by atoms with E-state index in [1.54, 1.807) is 0 Å². The number of aliphatic hydroxyl groups excluding tert-OH is 1. The fraction of sp³-hybridized carbons (Fsp3) is 0.929. The molecule has 2 nitrogen and oxygen atoms in total. The molecule has 3 aliphatic carbocycles. The first kappa shape index (κ1) is 10.8. The van der Waals surface area contributed by atoms with Crippen LogP contribution in [-0.2, 0) is 4.79 Å². The number of aldehydes is 1. The maximum atomic E-state index is 11.6. The summed E-state index contributed by atoms with van der Waals surface area (Å²) in [5.74, 6) is 1.13. The van der Waals surface area contributed by atoms with Gasteiger partial charge in [-0.05, 0) is 48.3 Å². The van der Waals surface area contributed by atoms with E-state index in [-0.39, 0.29) is 11.5 Å². The number of hydrogen-bond donors (Lipinski definition) is 1. The molecule has 3 fully saturated rings. The van der Waals surface area contributed by atoms with Crippen molar-refractivity contribution < 1.29 is 9.90 Å². The zero-order chi connectivity index (χ0) is 11.8. The second-order valence-corrected chi connectivity index (χ2v) is 7.26. The predicted molar refractivity (Wildman–Crippen MR) is 61.8 cm³/mol. The topological polar surface area (TPSA) is 37.3 Å². The van der Waals surface area contributed by atoms with Gasteiger partial charge in [0.25, 0.3) is 0 Å². The lowest BCUT2D eigenvalue weighted by Crippen LogP contribution is -2.61. The zero-order valence-corrected chi connectivity index (χ0v) is 10.5. The second kappa shape index (κ2) is 2.72. The molecule has 2 heteroatoms. The molecule has 0 amide bonds. The summed E-state index contributed by atoms with van der Waals surface area (Å²) in [4.78, 5) is 11.6. The van der Waals surface area contributed by atoms with E-state index in [4.69, 9.17) is 0 Å². The molecule has 0 bridgehead atoms. The van der Waals surface area contributed by atoms with Gasteiger partial charge in [-0.25, -0.2) is 0 Å². The smallest absolute Gasteiger partial charge is 0.129 e. The van der Waals surface area contributed by atoms with Crippen molar-refractivity contribution in [2.24, 2.45) is 28.1 Å². The first-order chi connectivity index (χ1) is 7.38. The molecule has 6 atom stereocenters. The van der Waals surface area contributed by atoms with Gasteiger partial charge in [0, 0.05) is 0 Å². The highest BCUT2D eigenvalue weighted by Gasteiger charge is 2.76. The highest BCUT2D eigenvalue weighted by molar-refractivity contribution is 5.67. The number of fused-ring (bicyclic) bond motifs is 3. The molecule has 0 radical (unpaired) electrons. The monoisotopic (exact) mass is 222 g/mol. The Bertz CT molecular complexity index is 353. The van der Waals surface area contributed by atoms with Crippen LogP contribution in [0.3, 0.4) is 0 Å². The van der Waals surface area contributed by atoms with Crippen LogP contribution in [0.4, 0.5) is 0 Å². The summed E-state index contributed by atoms with van der Waals surface area (Å²) in [5, 5.41) is 10.2.